The molecule has 0 N–H and O–H groups in total. The first-order valence-electron chi connectivity index (χ1n) is 5.54. The molecule has 0 radical (unpaired) electrons. The number of hydrogen-bond donors (Lipinski definition) is 0. The molecule has 2 fully saturated rings. The predicted molar refractivity (Wildman–Crippen MR) is 57.2 cm³/mol. The van der Waals surface area contributed by atoms with Gasteiger partial charge in [-0.1, -0.05) is 13.8 Å². The minimum absolute atomic E-state index is 0.200. The first-order valence-corrected chi connectivity index (χ1v) is 5.54. The zero-order chi connectivity index (χ0) is 10.6. The molecule has 80 valence electrons. The summed E-state index contributed by atoms with van der Waals surface area (Å²) in [4.78, 5) is 13.7. The number of ketones is 1. The lowest BCUT2D eigenvalue weighted by Gasteiger charge is -2.51. The normalized spacial score (nSPS) is 34.4. The van der Waals surface area contributed by atoms with Crippen molar-refractivity contribution in [3.8, 4) is 0 Å². The van der Waals surface area contributed by atoms with Crippen LogP contribution >= 0.6 is 0 Å². The number of Topliss-reactive ketones (excluding diaryl/α,β-unsaturated/α-hetero) is 1. The van der Waals surface area contributed by atoms with Crippen LogP contribution in [0.4, 0.5) is 0 Å². The Hall–Kier alpha value is -0.370. The highest BCUT2D eigenvalue weighted by Gasteiger charge is 2.54. The quantitative estimate of drug-likeness (QED) is 0.638. The van der Waals surface area contributed by atoms with Gasteiger partial charge >= 0.3 is 0 Å². The fraction of sp³-hybridized carbons (Fsp3) is 0.917. The van der Waals surface area contributed by atoms with Crippen molar-refractivity contribution >= 4 is 5.78 Å². The lowest BCUT2D eigenvalue weighted by molar-refractivity contribution is -0.121. The van der Waals surface area contributed by atoms with Crippen LogP contribution in [0.1, 0.15) is 40.0 Å². The third-order valence-electron chi connectivity index (χ3n) is 3.92. The summed E-state index contributed by atoms with van der Waals surface area (Å²) in [6.45, 7) is 7.52. The van der Waals surface area contributed by atoms with Gasteiger partial charge < -0.3 is 0 Å². The Kier molecular flexibility index (Phi) is 2.04. The van der Waals surface area contributed by atoms with Crippen molar-refractivity contribution in [1.82, 2.24) is 4.90 Å². The van der Waals surface area contributed by atoms with Crippen molar-refractivity contribution < 1.29 is 4.79 Å². The molecule has 1 aliphatic heterocycles. The summed E-state index contributed by atoms with van der Waals surface area (Å²) in [5.41, 5.74) is 1.00. The van der Waals surface area contributed by atoms with Gasteiger partial charge in [0.2, 0.25) is 0 Å². The van der Waals surface area contributed by atoms with Crippen LogP contribution in [0.25, 0.3) is 0 Å². The first-order chi connectivity index (χ1) is 6.34. The van der Waals surface area contributed by atoms with Gasteiger partial charge in [-0.15, -0.1) is 0 Å². The molecular formula is C12H21NO. The van der Waals surface area contributed by atoms with E-state index in [1.807, 2.05) is 0 Å². The molecule has 2 nitrogen and oxygen atoms in total. The lowest BCUT2D eigenvalue weighted by atomic mass is 9.53. The third-order valence-corrected chi connectivity index (χ3v) is 3.92. The SMILES string of the molecule is CC(=O)C1CC2(CN1C)CC(C)(C)C2. The molecule has 0 aromatic rings. The van der Waals surface area contributed by atoms with Gasteiger partial charge in [0.1, 0.15) is 5.78 Å². The number of nitrogens with zero attached hydrogens (tertiary/aromatic N) is 1. The molecule has 0 aromatic heterocycles. The van der Waals surface area contributed by atoms with Crippen LogP contribution in [-0.4, -0.2) is 30.3 Å². The molecule has 2 aliphatic rings. The second-order valence-corrected chi connectivity index (χ2v) is 6.26. The fourth-order valence-corrected chi connectivity index (χ4v) is 3.96. The summed E-state index contributed by atoms with van der Waals surface area (Å²) in [5, 5.41) is 0. The van der Waals surface area contributed by atoms with Crippen molar-refractivity contribution in [2.75, 3.05) is 13.6 Å². The largest absolute Gasteiger partial charge is 0.298 e. The number of hydrogen-bond acceptors (Lipinski definition) is 2. The molecule has 1 saturated heterocycles. The summed E-state index contributed by atoms with van der Waals surface area (Å²) in [7, 11) is 2.09. The van der Waals surface area contributed by atoms with Crippen LogP contribution in [-0.2, 0) is 4.79 Å². The second kappa shape index (κ2) is 2.82. The van der Waals surface area contributed by atoms with Crippen LogP contribution in [0, 0.1) is 10.8 Å². The Morgan fingerprint density at radius 1 is 1.36 bits per heavy atom. The molecule has 2 rings (SSSR count). The highest BCUT2D eigenvalue weighted by molar-refractivity contribution is 5.81. The highest BCUT2D eigenvalue weighted by atomic mass is 16.1. The maximum atomic E-state index is 11.4. The van der Waals surface area contributed by atoms with Crippen molar-refractivity contribution in [3.63, 3.8) is 0 Å². The Bertz CT molecular complexity index is 261. The Labute approximate surface area is 86.7 Å². The summed E-state index contributed by atoms with van der Waals surface area (Å²) in [6.07, 6.45) is 3.70. The predicted octanol–water partition coefficient (Wildman–Crippen LogP) is 2.09. The maximum Gasteiger partial charge on any atom is 0.146 e. The first kappa shape index (κ1) is 10.2. The van der Waals surface area contributed by atoms with E-state index in [0.717, 1.165) is 13.0 Å². The number of likely N-dealkylation sites (N-methyl/N-ethyl adjacent to an activating group) is 1. The zero-order valence-corrected chi connectivity index (χ0v) is 9.76. The number of likely N-dealkylation sites (tertiary alicyclic amines) is 1. The molecule has 1 heterocycles. The minimum Gasteiger partial charge on any atom is -0.298 e. The van der Waals surface area contributed by atoms with E-state index in [1.54, 1.807) is 6.92 Å². The molecule has 1 unspecified atom stereocenters. The Balaban J connectivity index is 2.04. The molecule has 1 aliphatic carbocycles. The Morgan fingerprint density at radius 3 is 2.29 bits per heavy atom. The fourth-order valence-electron chi connectivity index (χ4n) is 3.96. The summed E-state index contributed by atoms with van der Waals surface area (Å²) in [6, 6.07) is 0.200. The summed E-state index contributed by atoms with van der Waals surface area (Å²) < 4.78 is 0. The molecule has 1 spiro atoms. The molecule has 0 aromatic carbocycles. The van der Waals surface area contributed by atoms with E-state index in [9.17, 15) is 4.79 Å². The van der Waals surface area contributed by atoms with Crippen LogP contribution in [0.2, 0.25) is 0 Å². The van der Waals surface area contributed by atoms with Crippen LogP contribution in [0.5, 0.6) is 0 Å². The molecular weight excluding hydrogens is 174 g/mol. The van der Waals surface area contributed by atoms with Crippen molar-refractivity contribution in [1.29, 1.82) is 0 Å². The van der Waals surface area contributed by atoms with Crippen molar-refractivity contribution in [3.05, 3.63) is 0 Å². The van der Waals surface area contributed by atoms with E-state index in [2.05, 4.69) is 25.8 Å². The number of carbonyl (C=O) groups excluding carboxylic acids is 1. The monoisotopic (exact) mass is 195 g/mol. The zero-order valence-electron chi connectivity index (χ0n) is 9.76. The maximum absolute atomic E-state index is 11.4. The van der Waals surface area contributed by atoms with E-state index in [0.29, 0.717) is 16.6 Å². The van der Waals surface area contributed by atoms with Gasteiger partial charge in [-0.2, -0.15) is 0 Å². The van der Waals surface area contributed by atoms with Crippen LogP contribution < -0.4 is 0 Å². The smallest absolute Gasteiger partial charge is 0.146 e. The van der Waals surface area contributed by atoms with Crippen LogP contribution in [0.15, 0.2) is 0 Å². The van der Waals surface area contributed by atoms with Crippen molar-refractivity contribution in [2.45, 2.75) is 46.1 Å². The van der Waals surface area contributed by atoms with Crippen molar-refractivity contribution in [2.24, 2.45) is 10.8 Å². The molecule has 14 heavy (non-hydrogen) atoms. The van der Waals surface area contributed by atoms with Gasteiger partial charge in [-0.05, 0) is 44.1 Å². The van der Waals surface area contributed by atoms with E-state index in [4.69, 9.17) is 0 Å². The van der Waals surface area contributed by atoms with Gasteiger partial charge in [-0.3, -0.25) is 9.69 Å². The lowest BCUT2D eigenvalue weighted by Crippen LogP contribution is -2.44. The number of carbonyl (C=O) groups is 1. The van der Waals surface area contributed by atoms with E-state index < -0.39 is 0 Å². The van der Waals surface area contributed by atoms with E-state index in [-0.39, 0.29) is 6.04 Å². The van der Waals surface area contributed by atoms with Gasteiger partial charge in [0.25, 0.3) is 0 Å². The third kappa shape index (κ3) is 1.50. The molecule has 2 heteroatoms. The van der Waals surface area contributed by atoms with Crippen LogP contribution in [0.3, 0.4) is 0 Å². The average Bonchev–Trinajstić information content (AvgIpc) is 2.24. The molecule has 0 bridgehead atoms. The molecule has 0 amide bonds. The second-order valence-electron chi connectivity index (χ2n) is 6.26. The standard InChI is InChI=1S/C12H21NO/c1-9(14)10-5-12(8-13(10)4)6-11(2,3)7-12/h10H,5-8H2,1-4H3. The Morgan fingerprint density at radius 2 is 1.93 bits per heavy atom. The van der Waals surface area contributed by atoms with Gasteiger partial charge in [0.15, 0.2) is 0 Å². The summed E-state index contributed by atoms with van der Waals surface area (Å²) in [5.74, 6) is 0.342. The minimum atomic E-state index is 0.200. The average molecular weight is 195 g/mol. The van der Waals surface area contributed by atoms with Gasteiger partial charge in [0, 0.05) is 6.54 Å². The summed E-state index contributed by atoms with van der Waals surface area (Å²) >= 11 is 0. The highest BCUT2D eigenvalue weighted by Crippen LogP contribution is 2.59. The molecule has 1 atom stereocenters. The molecule has 1 saturated carbocycles. The van der Waals surface area contributed by atoms with Gasteiger partial charge in [0.05, 0.1) is 6.04 Å². The number of rotatable bonds is 1. The van der Waals surface area contributed by atoms with E-state index >= 15 is 0 Å². The van der Waals surface area contributed by atoms with Gasteiger partial charge in [-0.25, -0.2) is 0 Å². The van der Waals surface area contributed by atoms with E-state index in [1.165, 1.54) is 12.8 Å². The topological polar surface area (TPSA) is 20.3 Å².